The molecule has 0 atom stereocenters. The Balaban J connectivity index is 1.72. The largest absolute Gasteiger partial charge is 0.290 e. The van der Waals surface area contributed by atoms with Gasteiger partial charge in [-0.05, 0) is 30.9 Å². The Morgan fingerprint density at radius 2 is 1.88 bits per heavy atom. The molecule has 134 valence electrons. The van der Waals surface area contributed by atoms with E-state index >= 15 is 0 Å². The summed E-state index contributed by atoms with van der Waals surface area (Å²) in [6, 6.07) is 10.7. The fourth-order valence-electron chi connectivity index (χ4n) is 2.56. The Hall–Kier alpha value is -3.00. The number of nitrogens with zero attached hydrogens (tertiary/aromatic N) is 2. The van der Waals surface area contributed by atoms with Crippen molar-refractivity contribution in [2.24, 2.45) is 0 Å². The highest BCUT2D eigenvalue weighted by Gasteiger charge is 2.16. The van der Waals surface area contributed by atoms with Gasteiger partial charge in [0.25, 0.3) is 11.5 Å². The summed E-state index contributed by atoms with van der Waals surface area (Å²) in [4.78, 5) is 37.8. The van der Waals surface area contributed by atoms with E-state index in [1.165, 1.54) is 4.68 Å². The van der Waals surface area contributed by atoms with Crippen LogP contribution in [-0.2, 0) is 17.8 Å². The number of rotatable bonds is 5. The molecule has 2 amide bonds. The zero-order valence-electron chi connectivity index (χ0n) is 14.2. The smallest absolute Gasteiger partial charge is 0.273 e. The molecule has 0 aliphatic carbocycles. The van der Waals surface area contributed by atoms with Crippen LogP contribution in [0.4, 0.5) is 0 Å². The molecule has 2 heterocycles. The molecule has 0 saturated carbocycles. The molecule has 3 aromatic rings. The minimum Gasteiger partial charge on any atom is -0.273 e. The van der Waals surface area contributed by atoms with Crippen LogP contribution in [0.2, 0.25) is 0 Å². The molecule has 0 fully saturated rings. The first kappa shape index (κ1) is 17.8. The van der Waals surface area contributed by atoms with Crippen molar-refractivity contribution in [3.63, 3.8) is 0 Å². The van der Waals surface area contributed by atoms with Crippen molar-refractivity contribution in [1.82, 2.24) is 20.6 Å². The van der Waals surface area contributed by atoms with E-state index in [-0.39, 0.29) is 23.6 Å². The van der Waals surface area contributed by atoms with Crippen LogP contribution in [0.15, 0.2) is 46.6 Å². The molecule has 0 saturated heterocycles. The number of hydrogen-bond donors (Lipinski definition) is 2. The minimum absolute atomic E-state index is 0.0978. The van der Waals surface area contributed by atoms with Gasteiger partial charge < -0.3 is 0 Å². The van der Waals surface area contributed by atoms with Gasteiger partial charge in [-0.3, -0.25) is 25.2 Å². The third kappa shape index (κ3) is 3.80. The molecule has 0 unspecified atom stereocenters. The van der Waals surface area contributed by atoms with Gasteiger partial charge in [-0.2, -0.15) is 5.10 Å². The lowest BCUT2D eigenvalue weighted by Crippen LogP contribution is -2.42. The summed E-state index contributed by atoms with van der Waals surface area (Å²) in [5.74, 6) is -0.854. The van der Waals surface area contributed by atoms with Crippen LogP contribution in [0, 0.1) is 0 Å². The molecule has 7 nitrogen and oxygen atoms in total. The number of carbonyl (C=O) groups is 2. The van der Waals surface area contributed by atoms with Gasteiger partial charge in [0, 0.05) is 23.2 Å². The van der Waals surface area contributed by atoms with Crippen molar-refractivity contribution in [3.05, 3.63) is 62.7 Å². The Kier molecular flexibility index (Phi) is 5.43. The van der Waals surface area contributed by atoms with Gasteiger partial charge in [0.05, 0.1) is 5.39 Å². The van der Waals surface area contributed by atoms with E-state index in [9.17, 15) is 14.4 Å². The summed E-state index contributed by atoms with van der Waals surface area (Å²) < 4.78 is 1.23. The highest BCUT2D eigenvalue weighted by Crippen LogP contribution is 2.13. The van der Waals surface area contributed by atoms with Gasteiger partial charge in [0.1, 0.15) is 0 Å². The van der Waals surface area contributed by atoms with E-state index in [4.69, 9.17) is 0 Å². The molecule has 3 rings (SSSR count). The maximum Gasteiger partial charge on any atom is 0.290 e. The van der Waals surface area contributed by atoms with Crippen LogP contribution in [-0.4, -0.2) is 21.6 Å². The monoisotopic (exact) mass is 370 g/mol. The van der Waals surface area contributed by atoms with Crippen molar-refractivity contribution < 1.29 is 9.59 Å². The van der Waals surface area contributed by atoms with Gasteiger partial charge in [-0.1, -0.05) is 24.3 Å². The van der Waals surface area contributed by atoms with Crippen molar-refractivity contribution in [3.8, 4) is 0 Å². The Bertz CT molecular complexity index is 995. The molecule has 2 aromatic heterocycles. The van der Waals surface area contributed by atoms with Crippen LogP contribution in [0.5, 0.6) is 0 Å². The number of fused-ring (bicyclic) bond motifs is 1. The average molecular weight is 370 g/mol. The molecule has 2 N–H and O–H groups in total. The van der Waals surface area contributed by atoms with Crippen molar-refractivity contribution in [2.75, 3.05) is 0 Å². The Labute approximate surface area is 153 Å². The second-order valence-corrected chi connectivity index (χ2v) is 6.63. The van der Waals surface area contributed by atoms with E-state index in [1.54, 1.807) is 42.5 Å². The van der Waals surface area contributed by atoms with E-state index in [0.717, 1.165) is 4.88 Å². The fraction of sp³-hybridized carbons (Fsp3) is 0.222. The second-order valence-electron chi connectivity index (χ2n) is 5.60. The number of aryl methyl sites for hydroxylation is 2. The molecule has 1 aromatic carbocycles. The third-order valence-electron chi connectivity index (χ3n) is 3.88. The summed E-state index contributed by atoms with van der Waals surface area (Å²) in [6.45, 7) is 2.12. The number of aromatic nitrogens is 2. The van der Waals surface area contributed by atoms with E-state index in [0.29, 0.717) is 23.7 Å². The lowest BCUT2D eigenvalue weighted by atomic mass is 10.1. The Morgan fingerprint density at radius 3 is 2.58 bits per heavy atom. The van der Waals surface area contributed by atoms with Crippen molar-refractivity contribution in [2.45, 2.75) is 26.3 Å². The van der Waals surface area contributed by atoms with E-state index < -0.39 is 5.91 Å². The molecule has 0 radical (unpaired) electrons. The van der Waals surface area contributed by atoms with Crippen molar-refractivity contribution in [1.29, 1.82) is 0 Å². The van der Waals surface area contributed by atoms with Gasteiger partial charge in [0.2, 0.25) is 5.91 Å². The molecular weight excluding hydrogens is 352 g/mol. The number of nitrogens with one attached hydrogen (secondary N) is 2. The Morgan fingerprint density at radius 1 is 1.12 bits per heavy atom. The van der Waals surface area contributed by atoms with Gasteiger partial charge in [0.15, 0.2) is 5.69 Å². The highest BCUT2D eigenvalue weighted by atomic mass is 32.1. The number of hydrazine groups is 1. The summed E-state index contributed by atoms with van der Waals surface area (Å²) >= 11 is 1.58. The number of hydrogen-bond acceptors (Lipinski definition) is 5. The quantitative estimate of drug-likeness (QED) is 0.671. The van der Waals surface area contributed by atoms with Crippen LogP contribution < -0.4 is 16.4 Å². The van der Waals surface area contributed by atoms with Crippen LogP contribution in [0.3, 0.4) is 0 Å². The maximum atomic E-state index is 12.5. The average Bonchev–Trinajstić information content (AvgIpc) is 3.18. The topological polar surface area (TPSA) is 93.1 Å². The normalized spacial score (nSPS) is 10.7. The summed E-state index contributed by atoms with van der Waals surface area (Å²) in [6.07, 6.45) is 0.880. The first-order valence-electron chi connectivity index (χ1n) is 8.21. The number of amides is 2. The second kappa shape index (κ2) is 7.92. The third-order valence-corrected chi connectivity index (χ3v) is 4.81. The number of thiophene rings is 1. The first-order chi connectivity index (χ1) is 12.6. The SMILES string of the molecule is CCn1nc(C(=O)NNC(=O)CCc2cccs2)c2ccccc2c1=O. The summed E-state index contributed by atoms with van der Waals surface area (Å²) in [5.41, 5.74) is 4.63. The number of carbonyl (C=O) groups excluding carboxylic acids is 2. The molecule has 8 heteroatoms. The fourth-order valence-corrected chi connectivity index (χ4v) is 3.27. The molecule has 0 aliphatic rings. The lowest BCUT2D eigenvalue weighted by molar-refractivity contribution is -0.121. The van der Waals surface area contributed by atoms with Crippen molar-refractivity contribution >= 4 is 33.9 Å². The zero-order valence-corrected chi connectivity index (χ0v) is 15.0. The predicted molar refractivity (Wildman–Crippen MR) is 99.9 cm³/mol. The maximum absolute atomic E-state index is 12.5. The summed E-state index contributed by atoms with van der Waals surface area (Å²) in [5, 5.41) is 6.95. The van der Waals surface area contributed by atoms with Crippen LogP contribution in [0.25, 0.3) is 10.8 Å². The van der Waals surface area contributed by atoms with E-state index in [1.807, 2.05) is 17.5 Å². The molecule has 0 spiro atoms. The molecular formula is C18H18N4O3S. The van der Waals surface area contributed by atoms with Gasteiger partial charge >= 0.3 is 0 Å². The first-order valence-corrected chi connectivity index (χ1v) is 9.09. The molecule has 0 aliphatic heterocycles. The molecule has 26 heavy (non-hydrogen) atoms. The lowest BCUT2D eigenvalue weighted by Gasteiger charge is -2.10. The predicted octanol–water partition coefficient (Wildman–Crippen LogP) is 1.87. The van der Waals surface area contributed by atoms with Crippen LogP contribution >= 0.6 is 11.3 Å². The number of benzene rings is 1. The standard InChI is InChI=1S/C18H18N4O3S/c1-2-22-18(25)14-8-4-3-7-13(14)16(21-22)17(24)20-19-15(23)10-9-12-6-5-11-26-12/h3-8,11H,2,9-10H2,1H3,(H,19,23)(H,20,24). The highest BCUT2D eigenvalue weighted by molar-refractivity contribution is 7.09. The van der Waals surface area contributed by atoms with Gasteiger partial charge in [-0.15, -0.1) is 11.3 Å². The van der Waals surface area contributed by atoms with Crippen LogP contribution in [0.1, 0.15) is 28.7 Å². The molecule has 0 bridgehead atoms. The van der Waals surface area contributed by atoms with Gasteiger partial charge in [-0.25, -0.2) is 4.68 Å². The van der Waals surface area contributed by atoms with E-state index in [2.05, 4.69) is 16.0 Å². The minimum atomic E-state index is -0.562. The summed E-state index contributed by atoms with van der Waals surface area (Å²) in [7, 11) is 0. The zero-order chi connectivity index (χ0) is 18.5.